The fraction of sp³-hybridized carbons (Fsp3) is 0.385. The first-order valence-electron chi connectivity index (χ1n) is 6.27. The molecule has 1 rings (SSSR count). The van der Waals surface area contributed by atoms with E-state index in [0.29, 0.717) is 0 Å². The van der Waals surface area contributed by atoms with Crippen LogP contribution in [0.2, 0.25) is 0 Å². The summed E-state index contributed by atoms with van der Waals surface area (Å²) in [5.41, 5.74) is 0.802. The van der Waals surface area contributed by atoms with Crippen LogP contribution in [0.3, 0.4) is 0 Å². The number of carbonyl (C=O) groups is 2. The molecule has 0 saturated carbocycles. The number of hydrogen-bond donors (Lipinski definition) is 1. The van der Waals surface area contributed by atoms with E-state index in [1.807, 2.05) is 0 Å². The molecule has 11 heteroatoms. The first-order valence-corrected chi connectivity index (χ1v) is 6.27. The van der Waals surface area contributed by atoms with Gasteiger partial charge in [-0.2, -0.15) is 14.3 Å². The van der Waals surface area contributed by atoms with Gasteiger partial charge in [-0.15, -0.1) is 0 Å². The number of esters is 1. The second kappa shape index (κ2) is 7.43. The van der Waals surface area contributed by atoms with Gasteiger partial charge in [-0.25, -0.2) is 22.8 Å². The van der Waals surface area contributed by atoms with Crippen LogP contribution in [-0.2, 0) is 14.4 Å². The maximum atomic E-state index is 13.3. The highest BCUT2D eigenvalue weighted by molar-refractivity contribution is 5.74. The maximum Gasteiger partial charge on any atom is 0.431 e. The van der Waals surface area contributed by atoms with Gasteiger partial charge in [-0.1, -0.05) is 0 Å². The largest absolute Gasteiger partial charge is 0.442 e. The van der Waals surface area contributed by atoms with E-state index < -0.39 is 59.1 Å². The maximum absolute atomic E-state index is 13.3. The number of ether oxygens (including phenoxy) is 2. The molecule has 0 aromatic heterocycles. The van der Waals surface area contributed by atoms with Crippen LogP contribution in [0.25, 0.3) is 0 Å². The van der Waals surface area contributed by atoms with Crippen molar-refractivity contribution in [2.45, 2.75) is 26.4 Å². The van der Waals surface area contributed by atoms with E-state index in [-0.39, 0.29) is 0 Å². The predicted octanol–water partition coefficient (Wildman–Crippen LogP) is 2.74. The van der Waals surface area contributed by atoms with E-state index >= 15 is 0 Å². The molecule has 0 aliphatic heterocycles. The summed E-state index contributed by atoms with van der Waals surface area (Å²) in [6.07, 6.45) is -1.08. The fourth-order valence-electron chi connectivity index (χ4n) is 1.27. The molecule has 0 radical (unpaired) electrons. The van der Waals surface area contributed by atoms with E-state index in [0.717, 1.165) is 0 Å². The molecule has 0 heterocycles. The highest BCUT2D eigenvalue weighted by Crippen LogP contribution is 2.29. The monoisotopic (exact) mass is 357 g/mol. The molecule has 1 N–H and O–H groups in total. The molecular formula is C13H12F5NO5. The van der Waals surface area contributed by atoms with E-state index in [9.17, 15) is 31.5 Å². The van der Waals surface area contributed by atoms with Gasteiger partial charge in [-0.05, 0) is 20.8 Å². The second-order valence-electron chi connectivity index (χ2n) is 5.27. The summed E-state index contributed by atoms with van der Waals surface area (Å²) >= 11 is 0. The predicted molar refractivity (Wildman–Crippen MR) is 67.2 cm³/mol. The molecule has 0 fully saturated rings. The molecule has 6 nitrogen and oxygen atoms in total. The van der Waals surface area contributed by atoms with E-state index in [1.54, 1.807) is 26.3 Å². The third-order valence-electron chi connectivity index (χ3n) is 2.13. The molecule has 24 heavy (non-hydrogen) atoms. The van der Waals surface area contributed by atoms with Gasteiger partial charge in [0.1, 0.15) is 5.60 Å². The minimum atomic E-state index is -2.40. The van der Waals surface area contributed by atoms with Crippen molar-refractivity contribution < 1.29 is 45.9 Å². The van der Waals surface area contributed by atoms with Crippen molar-refractivity contribution >= 4 is 12.1 Å². The Labute approximate surface area is 132 Å². The quantitative estimate of drug-likeness (QED) is 0.224. The third-order valence-corrected chi connectivity index (χ3v) is 2.13. The van der Waals surface area contributed by atoms with E-state index in [1.165, 1.54) is 0 Å². The van der Waals surface area contributed by atoms with Crippen molar-refractivity contribution in [2.75, 3.05) is 6.61 Å². The van der Waals surface area contributed by atoms with Crippen molar-refractivity contribution in [2.24, 2.45) is 0 Å². The Morgan fingerprint density at radius 2 is 1.38 bits per heavy atom. The summed E-state index contributed by atoms with van der Waals surface area (Å²) in [4.78, 5) is 26.8. The Balaban J connectivity index is 2.66. The third kappa shape index (κ3) is 5.05. The van der Waals surface area contributed by atoms with Gasteiger partial charge in [0, 0.05) is 0 Å². The molecule has 0 saturated heterocycles. The summed E-state index contributed by atoms with van der Waals surface area (Å²) in [6.45, 7) is 3.55. The topological polar surface area (TPSA) is 73.9 Å². The average Bonchev–Trinajstić information content (AvgIpc) is 2.45. The number of nitrogens with one attached hydrogen (secondary N) is 1. The Hall–Kier alpha value is -2.43. The Bertz CT molecular complexity index is 630. The zero-order valence-electron chi connectivity index (χ0n) is 12.6. The van der Waals surface area contributed by atoms with Crippen molar-refractivity contribution in [3.8, 4) is 5.75 Å². The Kier molecular flexibility index (Phi) is 6.07. The minimum absolute atomic E-state index is 0.858. The lowest BCUT2D eigenvalue weighted by Gasteiger charge is -2.19. The van der Waals surface area contributed by atoms with Crippen LogP contribution in [0, 0.1) is 29.1 Å². The van der Waals surface area contributed by atoms with Gasteiger partial charge in [-0.3, -0.25) is 4.84 Å². The molecule has 134 valence electrons. The van der Waals surface area contributed by atoms with Gasteiger partial charge < -0.3 is 9.47 Å². The number of hydrogen-bond acceptors (Lipinski definition) is 5. The summed E-state index contributed by atoms with van der Waals surface area (Å²) in [7, 11) is 0. The Morgan fingerprint density at radius 3 is 1.83 bits per heavy atom. The van der Waals surface area contributed by atoms with Crippen LogP contribution in [-0.4, -0.2) is 24.3 Å². The van der Waals surface area contributed by atoms with Crippen LogP contribution >= 0.6 is 0 Å². The first-order chi connectivity index (χ1) is 10.9. The van der Waals surface area contributed by atoms with E-state index in [2.05, 4.69) is 9.57 Å². The normalized spacial score (nSPS) is 11.2. The van der Waals surface area contributed by atoms with E-state index in [4.69, 9.17) is 4.74 Å². The zero-order chi connectivity index (χ0) is 18.7. The van der Waals surface area contributed by atoms with Crippen molar-refractivity contribution in [1.82, 2.24) is 5.48 Å². The first kappa shape index (κ1) is 19.6. The van der Waals surface area contributed by atoms with Crippen LogP contribution in [0.4, 0.5) is 26.7 Å². The average molecular weight is 357 g/mol. The number of halogens is 5. The summed E-state index contributed by atoms with van der Waals surface area (Å²) < 4.78 is 73.9. The Morgan fingerprint density at radius 1 is 0.917 bits per heavy atom. The molecule has 1 amide bonds. The molecule has 1 aromatic carbocycles. The number of rotatable bonds is 4. The lowest BCUT2D eigenvalue weighted by molar-refractivity contribution is -0.142. The summed E-state index contributed by atoms with van der Waals surface area (Å²) in [5.74, 6) is -14.9. The number of benzene rings is 1. The zero-order valence-corrected chi connectivity index (χ0v) is 12.6. The van der Waals surface area contributed by atoms with Gasteiger partial charge in [0.25, 0.3) is 0 Å². The summed E-state index contributed by atoms with van der Waals surface area (Å²) in [5, 5.41) is 0. The molecule has 0 spiro atoms. The van der Waals surface area contributed by atoms with Crippen molar-refractivity contribution in [3.05, 3.63) is 29.1 Å². The van der Waals surface area contributed by atoms with Crippen LogP contribution < -0.4 is 10.2 Å². The molecular weight excluding hydrogens is 345 g/mol. The van der Waals surface area contributed by atoms with Crippen LogP contribution in [0.15, 0.2) is 0 Å². The fourth-order valence-corrected chi connectivity index (χ4v) is 1.27. The molecule has 0 atom stereocenters. The smallest absolute Gasteiger partial charge is 0.431 e. The SMILES string of the molecule is CC(C)(C)OC(=O)NOCC(=O)Oc1c(F)c(F)c(F)c(F)c1F. The molecule has 0 aliphatic carbocycles. The number of amides is 1. The molecule has 0 unspecified atom stereocenters. The highest BCUT2D eigenvalue weighted by atomic mass is 19.2. The summed E-state index contributed by atoms with van der Waals surface area (Å²) in [6, 6.07) is 0. The molecule has 0 aliphatic rings. The van der Waals surface area contributed by atoms with Gasteiger partial charge >= 0.3 is 12.1 Å². The minimum Gasteiger partial charge on any atom is -0.442 e. The van der Waals surface area contributed by atoms with Gasteiger partial charge in [0.15, 0.2) is 6.61 Å². The molecule has 1 aromatic rings. The van der Waals surface area contributed by atoms with Gasteiger partial charge in [0.05, 0.1) is 0 Å². The van der Waals surface area contributed by atoms with Crippen LogP contribution in [0.5, 0.6) is 5.75 Å². The lowest BCUT2D eigenvalue weighted by Crippen LogP contribution is -2.34. The highest BCUT2D eigenvalue weighted by Gasteiger charge is 2.28. The van der Waals surface area contributed by atoms with Crippen molar-refractivity contribution in [3.63, 3.8) is 0 Å². The van der Waals surface area contributed by atoms with Crippen LogP contribution in [0.1, 0.15) is 20.8 Å². The second-order valence-corrected chi connectivity index (χ2v) is 5.27. The standard InChI is InChI=1S/C13H12F5NO5/c1-13(2,3)24-12(21)19-22-4-5(20)23-11-9(17)7(15)6(14)8(16)10(11)18/h4H2,1-3H3,(H,19,21). The molecule has 0 bridgehead atoms. The van der Waals surface area contributed by atoms with Crippen molar-refractivity contribution in [1.29, 1.82) is 0 Å². The lowest BCUT2D eigenvalue weighted by atomic mass is 10.2. The number of hydroxylamine groups is 1. The number of carbonyl (C=O) groups excluding carboxylic acids is 2. The van der Waals surface area contributed by atoms with Gasteiger partial charge in [0.2, 0.25) is 34.8 Å².